The molecule has 2 saturated heterocycles. The molecule has 2 atom stereocenters. The number of carbonyl (C=O) groups is 2. The van der Waals surface area contributed by atoms with E-state index in [0.717, 1.165) is 51.1 Å². The van der Waals surface area contributed by atoms with Crippen LogP contribution in [0.25, 0.3) is 0 Å². The lowest BCUT2D eigenvalue weighted by Gasteiger charge is -2.37. The van der Waals surface area contributed by atoms with Gasteiger partial charge >= 0.3 is 0 Å². The zero-order chi connectivity index (χ0) is 21.0. The number of rotatable bonds is 5. The van der Waals surface area contributed by atoms with Gasteiger partial charge in [-0.1, -0.05) is 6.07 Å². The highest BCUT2D eigenvalue weighted by atomic mass is 16.5. The Bertz CT molecular complexity index is 718. The molecule has 0 aromatic heterocycles. The Morgan fingerprint density at radius 3 is 2.41 bits per heavy atom. The summed E-state index contributed by atoms with van der Waals surface area (Å²) in [5, 5.41) is 2.81. The Kier molecular flexibility index (Phi) is 7.30. The molecule has 6 nitrogen and oxygen atoms in total. The number of anilines is 1. The van der Waals surface area contributed by atoms with Gasteiger partial charge < -0.3 is 15.0 Å². The van der Waals surface area contributed by atoms with Crippen molar-refractivity contribution in [1.82, 2.24) is 9.80 Å². The first kappa shape index (κ1) is 21.8. The van der Waals surface area contributed by atoms with E-state index in [4.69, 9.17) is 4.74 Å². The Hall–Kier alpha value is -1.92. The number of hydrogen-bond acceptors (Lipinski definition) is 4. The molecule has 2 amide bonds. The van der Waals surface area contributed by atoms with Gasteiger partial charge in [-0.15, -0.1) is 0 Å². The van der Waals surface area contributed by atoms with Crippen LogP contribution in [-0.4, -0.2) is 66.5 Å². The molecule has 6 heteroatoms. The molecule has 0 aliphatic carbocycles. The molecule has 1 N–H and O–H groups in total. The van der Waals surface area contributed by atoms with Crippen molar-refractivity contribution in [2.24, 2.45) is 5.92 Å². The molecule has 2 heterocycles. The predicted octanol–water partition coefficient (Wildman–Crippen LogP) is 3.30. The zero-order valence-electron chi connectivity index (χ0n) is 18.2. The lowest BCUT2D eigenvalue weighted by atomic mass is 9.92. The van der Waals surface area contributed by atoms with Crippen molar-refractivity contribution in [2.45, 2.75) is 59.2 Å². The van der Waals surface area contributed by atoms with E-state index >= 15 is 0 Å². The third kappa shape index (κ3) is 6.03. The summed E-state index contributed by atoms with van der Waals surface area (Å²) in [6.07, 6.45) is 3.95. The van der Waals surface area contributed by atoms with Crippen LogP contribution in [0.1, 0.15) is 56.0 Å². The lowest BCUT2D eigenvalue weighted by molar-refractivity contribution is -0.114. The van der Waals surface area contributed by atoms with Crippen molar-refractivity contribution in [1.29, 1.82) is 0 Å². The van der Waals surface area contributed by atoms with Gasteiger partial charge in [0.15, 0.2) is 0 Å². The normalized spacial score (nSPS) is 23.8. The third-order valence-electron chi connectivity index (χ3n) is 6.05. The fraction of sp³-hybridized carbons (Fsp3) is 0.652. The van der Waals surface area contributed by atoms with Gasteiger partial charge in [-0.25, -0.2) is 0 Å². The van der Waals surface area contributed by atoms with Crippen molar-refractivity contribution in [3.05, 3.63) is 29.3 Å². The first-order valence-corrected chi connectivity index (χ1v) is 10.9. The van der Waals surface area contributed by atoms with Crippen LogP contribution in [0.5, 0.6) is 0 Å². The van der Waals surface area contributed by atoms with Crippen LogP contribution in [0, 0.1) is 12.8 Å². The quantitative estimate of drug-likeness (QED) is 0.822. The second-order valence-corrected chi connectivity index (χ2v) is 8.75. The zero-order valence-corrected chi connectivity index (χ0v) is 18.2. The summed E-state index contributed by atoms with van der Waals surface area (Å²) in [6, 6.07) is 5.55. The van der Waals surface area contributed by atoms with Gasteiger partial charge in [0.2, 0.25) is 5.91 Å². The standard InChI is InChI=1S/C23H35N3O3/c1-16-5-6-21(13-22(16)24-19(4)27)23(28)26-11-8-20(9-12-26)7-10-25-14-17(2)29-18(3)15-25/h5-6,13,17-18,20H,7-12,14-15H2,1-4H3,(H,24,27). The van der Waals surface area contributed by atoms with Crippen LogP contribution in [0.3, 0.4) is 0 Å². The van der Waals surface area contributed by atoms with Crippen LogP contribution >= 0.6 is 0 Å². The number of likely N-dealkylation sites (tertiary alicyclic amines) is 1. The van der Waals surface area contributed by atoms with Crippen LogP contribution in [0.2, 0.25) is 0 Å². The third-order valence-corrected chi connectivity index (χ3v) is 6.05. The fourth-order valence-corrected chi connectivity index (χ4v) is 4.52. The number of amides is 2. The Labute approximate surface area is 174 Å². The van der Waals surface area contributed by atoms with Crippen LogP contribution in [0.4, 0.5) is 5.69 Å². The number of aryl methyl sites for hydroxylation is 1. The molecule has 29 heavy (non-hydrogen) atoms. The topological polar surface area (TPSA) is 61.9 Å². The van der Waals surface area contributed by atoms with E-state index in [9.17, 15) is 9.59 Å². The maximum absolute atomic E-state index is 12.9. The predicted molar refractivity (Wildman–Crippen MR) is 115 cm³/mol. The molecular weight excluding hydrogens is 366 g/mol. The summed E-state index contributed by atoms with van der Waals surface area (Å²) in [6.45, 7) is 12.5. The molecule has 3 rings (SSSR count). The highest BCUT2D eigenvalue weighted by Crippen LogP contribution is 2.24. The average Bonchev–Trinajstić information content (AvgIpc) is 2.67. The molecular formula is C23H35N3O3. The van der Waals surface area contributed by atoms with Gasteiger partial charge in [-0.05, 0) is 70.2 Å². The Balaban J connectivity index is 1.49. The number of ether oxygens (including phenoxy) is 1. The second kappa shape index (κ2) is 9.72. The van der Waals surface area contributed by atoms with Gasteiger partial charge in [0.05, 0.1) is 12.2 Å². The highest BCUT2D eigenvalue weighted by Gasteiger charge is 2.26. The molecule has 160 valence electrons. The van der Waals surface area contributed by atoms with E-state index < -0.39 is 0 Å². The molecule has 2 fully saturated rings. The molecule has 0 spiro atoms. The van der Waals surface area contributed by atoms with E-state index in [1.807, 2.05) is 24.0 Å². The van der Waals surface area contributed by atoms with Gasteiger partial charge in [0.25, 0.3) is 5.91 Å². The smallest absolute Gasteiger partial charge is 0.253 e. The minimum atomic E-state index is -0.123. The van der Waals surface area contributed by atoms with Crippen LogP contribution in [0.15, 0.2) is 18.2 Å². The fourth-order valence-electron chi connectivity index (χ4n) is 4.52. The lowest BCUT2D eigenvalue weighted by Crippen LogP contribution is -2.46. The number of nitrogens with one attached hydrogen (secondary N) is 1. The van der Waals surface area contributed by atoms with E-state index in [1.165, 1.54) is 13.3 Å². The first-order chi connectivity index (χ1) is 13.8. The van der Waals surface area contributed by atoms with E-state index in [2.05, 4.69) is 24.1 Å². The van der Waals surface area contributed by atoms with Crippen LogP contribution < -0.4 is 5.32 Å². The maximum atomic E-state index is 12.9. The Morgan fingerprint density at radius 1 is 1.14 bits per heavy atom. The minimum Gasteiger partial charge on any atom is -0.373 e. The van der Waals surface area contributed by atoms with E-state index in [-0.39, 0.29) is 11.8 Å². The molecule has 0 radical (unpaired) electrons. The summed E-state index contributed by atoms with van der Waals surface area (Å²) in [7, 11) is 0. The molecule has 0 saturated carbocycles. The number of carbonyl (C=O) groups excluding carboxylic acids is 2. The number of piperidine rings is 1. The second-order valence-electron chi connectivity index (χ2n) is 8.75. The summed E-state index contributed by atoms with van der Waals surface area (Å²) in [4.78, 5) is 28.8. The van der Waals surface area contributed by atoms with Gasteiger partial charge in [-0.2, -0.15) is 0 Å². The highest BCUT2D eigenvalue weighted by molar-refractivity contribution is 5.97. The van der Waals surface area contributed by atoms with Crippen molar-refractivity contribution in [3.63, 3.8) is 0 Å². The number of morpholine rings is 1. The SMILES string of the molecule is CC(=O)Nc1cc(C(=O)N2CCC(CCN3CC(C)OC(C)C3)CC2)ccc1C. The minimum absolute atomic E-state index is 0.0610. The summed E-state index contributed by atoms with van der Waals surface area (Å²) in [5.41, 5.74) is 2.32. The van der Waals surface area contributed by atoms with Crippen molar-refractivity contribution >= 4 is 17.5 Å². The summed E-state index contributed by atoms with van der Waals surface area (Å²) < 4.78 is 5.82. The van der Waals surface area contributed by atoms with Crippen molar-refractivity contribution < 1.29 is 14.3 Å². The monoisotopic (exact) mass is 401 g/mol. The summed E-state index contributed by atoms with van der Waals surface area (Å²) in [5.74, 6) is 0.619. The number of benzene rings is 1. The largest absolute Gasteiger partial charge is 0.373 e. The van der Waals surface area contributed by atoms with E-state index in [0.29, 0.717) is 29.4 Å². The molecule has 2 aliphatic heterocycles. The van der Waals surface area contributed by atoms with Gasteiger partial charge in [0, 0.05) is 44.4 Å². The van der Waals surface area contributed by atoms with Gasteiger partial charge in [-0.3, -0.25) is 14.5 Å². The molecule has 0 bridgehead atoms. The van der Waals surface area contributed by atoms with Crippen molar-refractivity contribution in [3.8, 4) is 0 Å². The number of hydrogen-bond donors (Lipinski definition) is 1. The van der Waals surface area contributed by atoms with Crippen molar-refractivity contribution in [2.75, 3.05) is 38.0 Å². The Morgan fingerprint density at radius 2 is 1.79 bits per heavy atom. The molecule has 2 aliphatic rings. The molecule has 2 unspecified atom stereocenters. The van der Waals surface area contributed by atoms with Gasteiger partial charge in [0.1, 0.15) is 0 Å². The van der Waals surface area contributed by atoms with Crippen LogP contribution in [-0.2, 0) is 9.53 Å². The molecule has 1 aromatic rings. The molecule has 1 aromatic carbocycles. The maximum Gasteiger partial charge on any atom is 0.253 e. The van der Waals surface area contributed by atoms with E-state index in [1.54, 1.807) is 6.07 Å². The number of nitrogens with zero attached hydrogens (tertiary/aromatic N) is 2. The first-order valence-electron chi connectivity index (χ1n) is 10.9. The average molecular weight is 402 g/mol. The summed E-state index contributed by atoms with van der Waals surface area (Å²) >= 11 is 0.